The van der Waals surface area contributed by atoms with E-state index >= 15 is 0 Å². The normalized spacial score (nSPS) is 10.0. The average Bonchev–Trinajstić information content (AvgIpc) is 2.93. The largest absolute Gasteiger partial charge is 0.496 e. The molecule has 0 saturated carbocycles. The molecule has 0 saturated heterocycles. The zero-order valence-electron chi connectivity index (χ0n) is 23.5. The number of carbonyl (C=O) groups excluding carboxylic acids is 2. The molecule has 0 aliphatic rings. The molecule has 1 aromatic carbocycles. The number of nitrogens with one attached hydrogen (secondary N) is 1. The van der Waals surface area contributed by atoms with Crippen LogP contribution in [0.15, 0.2) is 36.7 Å². The number of nitrogen functional groups attached to an aromatic ring is 1. The molecule has 0 fully saturated rings. The van der Waals surface area contributed by atoms with Gasteiger partial charge in [-0.3, -0.25) is 9.78 Å². The van der Waals surface area contributed by atoms with Crippen molar-refractivity contribution in [2.45, 2.75) is 53.4 Å². The maximum absolute atomic E-state index is 12.1. The SMILES string of the molecule is CCCCCCOC(=O)c1cccnc1.CCN(CC)CCNC(=O)c1cc(Cl)c(N)cc1OC.CCO. The number of ether oxygens (including phenoxy) is 2. The Morgan fingerprint density at radius 2 is 1.82 bits per heavy atom. The number of hydrogen-bond donors (Lipinski definition) is 3. The molecular weight excluding hydrogens is 508 g/mol. The molecule has 0 atom stereocenters. The van der Waals surface area contributed by atoms with Crippen LogP contribution in [-0.2, 0) is 4.74 Å². The van der Waals surface area contributed by atoms with Crippen LogP contribution in [0.2, 0.25) is 5.02 Å². The van der Waals surface area contributed by atoms with Crippen molar-refractivity contribution in [3.05, 3.63) is 52.8 Å². The molecule has 0 bridgehead atoms. The number of benzene rings is 1. The number of hydrogen-bond acceptors (Lipinski definition) is 8. The van der Waals surface area contributed by atoms with Gasteiger partial charge in [-0.25, -0.2) is 4.79 Å². The first-order valence-corrected chi connectivity index (χ1v) is 13.5. The van der Waals surface area contributed by atoms with Gasteiger partial charge in [-0.2, -0.15) is 0 Å². The van der Waals surface area contributed by atoms with Crippen LogP contribution in [0.5, 0.6) is 5.75 Å². The van der Waals surface area contributed by atoms with Gasteiger partial charge in [0, 0.05) is 38.2 Å². The van der Waals surface area contributed by atoms with E-state index in [9.17, 15) is 9.59 Å². The number of rotatable bonds is 13. The predicted octanol–water partition coefficient (Wildman–Crippen LogP) is 4.82. The first-order chi connectivity index (χ1) is 18.3. The molecule has 0 radical (unpaired) electrons. The molecular formula is C28H45ClN4O5. The number of aromatic nitrogens is 1. The highest BCUT2D eigenvalue weighted by atomic mass is 35.5. The van der Waals surface area contributed by atoms with Crippen LogP contribution in [0.3, 0.4) is 0 Å². The maximum Gasteiger partial charge on any atom is 0.339 e. The topological polar surface area (TPSA) is 127 Å². The van der Waals surface area contributed by atoms with Gasteiger partial charge in [0.25, 0.3) is 5.91 Å². The molecule has 10 heteroatoms. The fraction of sp³-hybridized carbons (Fsp3) is 0.536. The van der Waals surface area contributed by atoms with Crippen LogP contribution >= 0.6 is 11.6 Å². The van der Waals surface area contributed by atoms with Crippen LogP contribution in [0.25, 0.3) is 0 Å². The van der Waals surface area contributed by atoms with Crippen LogP contribution in [0, 0.1) is 0 Å². The van der Waals surface area contributed by atoms with Crippen molar-refractivity contribution in [3.8, 4) is 5.75 Å². The van der Waals surface area contributed by atoms with Crippen molar-refractivity contribution in [2.24, 2.45) is 0 Å². The van der Waals surface area contributed by atoms with Gasteiger partial charge in [-0.15, -0.1) is 0 Å². The molecule has 38 heavy (non-hydrogen) atoms. The summed E-state index contributed by atoms with van der Waals surface area (Å²) in [4.78, 5) is 29.6. The summed E-state index contributed by atoms with van der Waals surface area (Å²) in [6, 6.07) is 6.53. The maximum atomic E-state index is 12.1. The fourth-order valence-electron chi connectivity index (χ4n) is 3.14. The summed E-state index contributed by atoms with van der Waals surface area (Å²) in [5.74, 6) is -0.0669. The molecule has 0 unspecified atom stereocenters. The number of nitrogens with zero attached hydrogens (tertiary/aromatic N) is 2. The molecule has 1 amide bonds. The van der Waals surface area contributed by atoms with E-state index in [1.54, 1.807) is 31.3 Å². The number of nitrogens with two attached hydrogens (primary N) is 1. The summed E-state index contributed by atoms with van der Waals surface area (Å²) in [7, 11) is 1.50. The van der Waals surface area contributed by atoms with E-state index in [-0.39, 0.29) is 18.5 Å². The molecule has 0 spiro atoms. The summed E-state index contributed by atoms with van der Waals surface area (Å²) in [5.41, 5.74) is 7.00. The number of methoxy groups -OCH3 is 1. The monoisotopic (exact) mass is 552 g/mol. The van der Waals surface area contributed by atoms with E-state index in [2.05, 4.69) is 36.0 Å². The zero-order chi connectivity index (χ0) is 28.8. The molecule has 1 heterocycles. The molecule has 9 nitrogen and oxygen atoms in total. The Hall–Kier alpha value is -2.88. The van der Waals surface area contributed by atoms with Crippen LogP contribution in [0.4, 0.5) is 5.69 Å². The first-order valence-electron chi connectivity index (χ1n) is 13.1. The number of esters is 1. The number of aliphatic hydroxyl groups excluding tert-OH is 1. The van der Waals surface area contributed by atoms with E-state index in [0.717, 1.165) is 32.5 Å². The Labute approximate surface area is 232 Å². The quantitative estimate of drug-likeness (QED) is 0.183. The lowest BCUT2D eigenvalue weighted by Gasteiger charge is -2.18. The highest BCUT2D eigenvalue weighted by molar-refractivity contribution is 6.33. The van der Waals surface area contributed by atoms with Gasteiger partial charge in [0.05, 0.1) is 35.6 Å². The van der Waals surface area contributed by atoms with Gasteiger partial charge in [-0.1, -0.05) is 51.6 Å². The van der Waals surface area contributed by atoms with E-state index < -0.39 is 0 Å². The summed E-state index contributed by atoms with van der Waals surface area (Å²) < 4.78 is 10.3. The number of pyridine rings is 1. The van der Waals surface area contributed by atoms with E-state index in [0.29, 0.717) is 40.7 Å². The molecule has 2 rings (SSSR count). The third kappa shape index (κ3) is 14.8. The van der Waals surface area contributed by atoms with Crippen molar-refractivity contribution in [1.82, 2.24) is 15.2 Å². The van der Waals surface area contributed by atoms with Gasteiger partial charge >= 0.3 is 5.97 Å². The number of amides is 1. The number of carbonyl (C=O) groups is 2. The van der Waals surface area contributed by atoms with Crippen LogP contribution < -0.4 is 15.8 Å². The standard InChI is InChI=1S/C14H22ClN3O2.C12H17NO2.C2H6O/c1-4-18(5-2)7-6-17-14(19)10-8-11(15)12(16)9-13(10)20-3;1-2-3-4-5-9-15-12(14)11-7-6-8-13-10-11;1-2-3/h8-9H,4-7,16H2,1-3H3,(H,17,19);6-8,10H,2-5,9H2,1H3;3H,2H2,1H3. The second kappa shape index (κ2) is 22.1. The molecule has 0 aliphatic heterocycles. The van der Waals surface area contributed by atoms with Crippen molar-refractivity contribution in [1.29, 1.82) is 0 Å². The number of halogens is 1. The second-order valence-corrected chi connectivity index (χ2v) is 8.52. The molecule has 1 aromatic heterocycles. The van der Waals surface area contributed by atoms with E-state index in [1.165, 1.54) is 32.2 Å². The van der Waals surface area contributed by atoms with Gasteiger partial charge in [0.2, 0.25) is 0 Å². The summed E-state index contributed by atoms with van der Waals surface area (Å²) >= 11 is 5.95. The molecule has 0 aliphatic carbocycles. The number of likely N-dealkylation sites (N-methyl/N-ethyl adjacent to an activating group) is 1. The Balaban J connectivity index is 0.000000674. The van der Waals surface area contributed by atoms with Gasteiger partial charge in [0.1, 0.15) is 5.75 Å². The van der Waals surface area contributed by atoms with Crippen molar-refractivity contribution < 1.29 is 24.2 Å². The summed E-state index contributed by atoms with van der Waals surface area (Å²) in [5, 5.41) is 10.8. The lowest BCUT2D eigenvalue weighted by Crippen LogP contribution is -2.34. The minimum atomic E-state index is -0.278. The highest BCUT2D eigenvalue weighted by Gasteiger charge is 2.15. The fourth-order valence-corrected chi connectivity index (χ4v) is 3.30. The zero-order valence-corrected chi connectivity index (χ0v) is 24.2. The summed E-state index contributed by atoms with van der Waals surface area (Å²) in [6.45, 7) is 12.1. The Morgan fingerprint density at radius 1 is 1.13 bits per heavy atom. The van der Waals surface area contributed by atoms with E-state index in [1.807, 2.05) is 0 Å². The number of anilines is 1. The smallest absolute Gasteiger partial charge is 0.339 e. The van der Waals surface area contributed by atoms with Gasteiger partial charge in [0.15, 0.2) is 0 Å². The van der Waals surface area contributed by atoms with Crippen LogP contribution in [0.1, 0.15) is 74.1 Å². The van der Waals surface area contributed by atoms with Gasteiger partial charge < -0.3 is 30.5 Å². The third-order valence-corrected chi connectivity index (χ3v) is 5.63. The Morgan fingerprint density at radius 3 is 2.37 bits per heavy atom. The average molecular weight is 553 g/mol. The molecule has 4 N–H and O–H groups in total. The lowest BCUT2D eigenvalue weighted by atomic mass is 10.1. The minimum absolute atomic E-state index is 0.212. The molecule has 214 valence electrons. The Bertz CT molecular complexity index is 912. The van der Waals surface area contributed by atoms with Crippen LogP contribution in [-0.4, -0.2) is 73.4 Å². The minimum Gasteiger partial charge on any atom is -0.496 e. The summed E-state index contributed by atoms with van der Waals surface area (Å²) in [6.07, 6.45) is 7.62. The molecule has 2 aromatic rings. The first kappa shape index (κ1) is 35.1. The predicted molar refractivity (Wildman–Crippen MR) is 154 cm³/mol. The highest BCUT2D eigenvalue weighted by Crippen LogP contribution is 2.28. The van der Waals surface area contributed by atoms with Gasteiger partial charge in [-0.05, 0) is 44.6 Å². The Kier molecular flexibility index (Phi) is 20.5. The van der Waals surface area contributed by atoms with Crippen molar-refractivity contribution >= 4 is 29.2 Å². The van der Waals surface area contributed by atoms with E-state index in [4.69, 9.17) is 31.9 Å². The third-order valence-electron chi connectivity index (χ3n) is 5.30. The lowest BCUT2D eigenvalue weighted by molar-refractivity contribution is 0.0497. The van der Waals surface area contributed by atoms with Crippen molar-refractivity contribution in [3.63, 3.8) is 0 Å². The van der Waals surface area contributed by atoms with Crippen molar-refractivity contribution in [2.75, 3.05) is 52.2 Å². The number of unbranched alkanes of at least 4 members (excludes halogenated alkanes) is 3. The second-order valence-electron chi connectivity index (χ2n) is 8.11. The number of aliphatic hydroxyl groups is 1.